The Hall–Kier alpha value is -0.715. The van der Waals surface area contributed by atoms with Crippen molar-refractivity contribution >= 4 is 24.0 Å². The summed E-state index contributed by atoms with van der Waals surface area (Å²) in [5, 5.41) is 3.94. The van der Waals surface area contributed by atoms with Crippen LogP contribution in [0.4, 0.5) is 17.3 Å². The molecule has 0 saturated carbocycles. The number of nitrogens with one attached hydrogen (secondary N) is 1. The maximum absolute atomic E-state index is 9.75. The van der Waals surface area contributed by atoms with Crippen LogP contribution in [0.2, 0.25) is 0 Å². The van der Waals surface area contributed by atoms with Gasteiger partial charge in [-0.15, -0.1) is 0 Å². The van der Waals surface area contributed by atoms with Gasteiger partial charge < -0.3 is 22.6 Å². The van der Waals surface area contributed by atoms with E-state index in [-0.39, 0.29) is 0 Å². The molecule has 1 rings (SSSR count). The Labute approximate surface area is 84.4 Å². The maximum atomic E-state index is 9.75. The SMILES string of the molecule is CC1=CC(Cl)=[N+](C)CN1.F[B-](F)(F)F. The highest BCUT2D eigenvalue weighted by atomic mass is 35.5. The molecular formula is C6H10BClF4N2. The average molecular weight is 232 g/mol. The van der Waals surface area contributed by atoms with Crippen LogP contribution < -0.4 is 5.32 Å². The number of hydrogen-bond donors (Lipinski definition) is 1. The van der Waals surface area contributed by atoms with Crippen LogP contribution in [0.25, 0.3) is 0 Å². The summed E-state index contributed by atoms with van der Waals surface area (Å²) in [6.07, 6.45) is 1.91. The standard InChI is InChI=1S/C6H9ClN2.BF4/c1-5-3-6(7)9(2)4-8-5;2-1(3,4)5/h3H,4H2,1-2H3;/q;-1/p+1. The monoisotopic (exact) mass is 232 g/mol. The van der Waals surface area contributed by atoms with Crippen molar-refractivity contribution in [2.75, 3.05) is 13.7 Å². The van der Waals surface area contributed by atoms with Gasteiger partial charge in [-0.1, -0.05) is 0 Å². The lowest BCUT2D eigenvalue weighted by molar-refractivity contribution is -0.500. The molecular weight excluding hydrogens is 222 g/mol. The first-order valence-corrected chi connectivity index (χ1v) is 4.11. The molecule has 0 bridgehead atoms. The quantitative estimate of drug-likeness (QED) is 0.384. The van der Waals surface area contributed by atoms with Crippen molar-refractivity contribution in [3.05, 3.63) is 11.8 Å². The van der Waals surface area contributed by atoms with E-state index < -0.39 is 7.25 Å². The summed E-state index contributed by atoms with van der Waals surface area (Å²) in [4.78, 5) is 0. The van der Waals surface area contributed by atoms with Gasteiger partial charge in [-0.05, 0) is 18.5 Å². The largest absolute Gasteiger partial charge is 0.673 e. The maximum Gasteiger partial charge on any atom is 0.673 e. The fourth-order valence-electron chi connectivity index (χ4n) is 0.659. The van der Waals surface area contributed by atoms with Crippen LogP contribution in [-0.2, 0) is 0 Å². The molecule has 1 aliphatic rings. The average Bonchev–Trinajstić information content (AvgIpc) is 1.94. The first-order valence-electron chi connectivity index (χ1n) is 3.73. The minimum absolute atomic E-state index is 0.797. The van der Waals surface area contributed by atoms with Gasteiger partial charge in [0, 0.05) is 11.8 Å². The van der Waals surface area contributed by atoms with Crippen molar-refractivity contribution in [3.63, 3.8) is 0 Å². The number of nitrogens with zero attached hydrogens (tertiary/aromatic N) is 1. The first kappa shape index (κ1) is 13.3. The van der Waals surface area contributed by atoms with E-state index in [1.54, 1.807) is 0 Å². The lowest BCUT2D eigenvalue weighted by Crippen LogP contribution is -2.29. The van der Waals surface area contributed by atoms with Gasteiger partial charge in [0.25, 0.3) is 5.17 Å². The minimum Gasteiger partial charge on any atom is -0.418 e. The van der Waals surface area contributed by atoms with Crippen molar-refractivity contribution in [2.45, 2.75) is 6.92 Å². The van der Waals surface area contributed by atoms with E-state index in [4.69, 9.17) is 11.6 Å². The Bertz CT molecular complexity index is 255. The Morgan fingerprint density at radius 1 is 1.43 bits per heavy atom. The Morgan fingerprint density at radius 3 is 2.14 bits per heavy atom. The van der Waals surface area contributed by atoms with Gasteiger partial charge in [0.15, 0.2) is 0 Å². The summed E-state index contributed by atoms with van der Waals surface area (Å²) < 4.78 is 40.9. The van der Waals surface area contributed by atoms with E-state index in [9.17, 15) is 17.3 Å². The molecule has 0 amide bonds. The summed E-state index contributed by atoms with van der Waals surface area (Å²) in [7, 11) is -4.06. The predicted octanol–water partition coefficient (Wildman–Crippen LogP) is 2.03. The molecule has 1 heterocycles. The summed E-state index contributed by atoms with van der Waals surface area (Å²) in [6.45, 7) is 2.80. The van der Waals surface area contributed by atoms with E-state index in [0.29, 0.717) is 0 Å². The highest BCUT2D eigenvalue weighted by Crippen LogP contribution is 2.06. The molecule has 0 atom stereocenters. The van der Waals surface area contributed by atoms with E-state index in [2.05, 4.69) is 5.32 Å². The third-order valence-corrected chi connectivity index (χ3v) is 1.69. The van der Waals surface area contributed by atoms with Crippen LogP contribution in [0.15, 0.2) is 11.8 Å². The molecule has 1 aliphatic heterocycles. The molecule has 0 spiro atoms. The number of halogens is 5. The molecule has 8 heteroatoms. The summed E-state index contributed by atoms with van der Waals surface area (Å²) in [5.74, 6) is 0. The zero-order valence-electron chi connectivity index (χ0n) is 7.70. The predicted molar refractivity (Wildman–Crippen MR) is 49.0 cm³/mol. The fraction of sp³-hybridized carbons (Fsp3) is 0.500. The number of allylic oxidation sites excluding steroid dienone is 2. The molecule has 0 aliphatic carbocycles. The van der Waals surface area contributed by atoms with E-state index in [1.807, 2.05) is 24.6 Å². The van der Waals surface area contributed by atoms with Gasteiger partial charge in [0.1, 0.15) is 7.05 Å². The lowest BCUT2D eigenvalue weighted by Gasteiger charge is -2.08. The van der Waals surface area contributed by atoms with Gasteiger partial charge in [0.2, 0.25) is 6.67 Å². The Morgan fingerprint density at radius 2 is 1.86 bits per heavy atom. The second kappa shape index (κ2) is 5.24. The van der Waals surface area contributed by atoms with Crippen molar-refractivity contribution in [1.82, 2.24) is 5.32 Å². The van der Waals surface area contributed by atoms with Crippen LogP contribution in [0.1, 0.15) is 6.92 Å². The third-order valence-electron chi connectivity index (χ3n) is 1.30. The first-order chi connectivity index (χ1) is 6.20. The van der Waals surface area contributed by atoms with Gasteiger partial charge in [-0.25, -0.2) is 4.58 Å². The molecule has 0 fully saturated rings. The normalized spacial score (nSPS) is 16.6. The van der Waals surface area contributed by atoms with Gasteiger partial charge >= 0.3 is 7.25 Å². The third kappa shape index (κ3) is 7.91. The fourth-order valence-corrected chi connectivity index (χ4v) is 0.882. The topological polar surface area (TPSA) is 15.0 Å². The van der Waals surface area contributed by atoms with Crippen LogP contribution in [0.5, 0.6) is 0 Å². The molecule has 14 heavy (non-hydrogen) atoms. The Balaban J connectivity index is 0.000000292. The van der Waals surface area contributed by atoms with Crippen LogP contribution in [0, 0.1) is 0 Å². The van der Waals surface area contributed by atoms with Crippen molar-refractivity contribution < 1.29 is 21.8 Å². The highest BCUT2D eigenvalue weighted by Gasteiger charge is 2.20. The number of hydrogen-bond acceptors (Lipinski definition) is 1. The summed E-state index contributed by atoms with van der Waals surface area (Å²) >= 11 is 5.79. The lowest BCUT2D eigenvalue weighted by atomic mass is 10.3. The molecule has 0 unspecified atom stereocenters. The summed E-state index contributed by atoms with van der Waals surface area (Å²) in [5.41, 5.74) is 1.12. The van der Waals surface area contributed by atoms with Gasteiger partial charge in [-0.2, -0.15) is 0 Å². The molecule has 0 aromatic carbocycles. The van der Waals surface area contributed by atoms with E-state index >= 15 is 0 Å². The van der Waals surface area contributed by atoms with Crippen LogP contribution in [-0.4, -0.2) is 30.7 Å². The molecule has 0 saturated heterocycles. The summed E-state index contributed by atoms with van der Waals surface area (Å²) in [6, 6.07) is 0. The van der Waals surface area contributed by atoms with E-state index in [1.165, 1.54) is 0 Å². The molecule has 82 valence electrons. The molecule has 0 aromatic rings. The second-order valence-electron chi connectivity index (χ2n) is 2.68. The van der Waals surface area contributed by atoms with Crippen LogP contribution >= 0.6 is 11.6 Å². The molecule has 1 N–H and O–H groups in total. The van der Waals surface area contributed by atoms with Crippen molar-refractivity contribution in [3.8, 4) is 0 Å². The van der Waals surface area contributed by atoms with E-state index in [0.717, 1.165) is 17.5 Å². The van der Waals surface area contributed by atoms with Crippen molar-refractivity contribution in [1.29, 1.82) is 0 Å². The van der Waals surface area contributed by atoms with Crippen molar-refractivity contribution in [2.24, 2.45) is 0 Å². The number of rotatable bonds is 0. The van der Waals surface area contributed by atoms with Gasteiger partial charge in [-0.3, -0.25) is 0 Å². The Kier molecular flexibility index (Phi) is 4.97. The molecule has 0 radical (unpaired) electrons. The highest BCUT2D eigenvalue weighted by molar-refractivity contribution is 6.66. The smallest absolute Gasteiger partial charge is 0.418 e. The second-order valence-corrected chi connectivity index (χ2v) is 3.07. The molecule has 0 aromatic heterocycles. The van der Waals surface area contributed by atoms with Gasteiger partial charge in [0.05, 0.1) is 0 Å². The van der Waals surface area contributed by atoms with Crippen LogP contribution in [0.3, 0.4) is 0 Å². The minimum atomic E-state index is -6.00. The zero-order valence-corrected chi connectivity index (χ0v) is 8.45. The zero-order chi connectivity index (χ0) is 11.4. The molecule has 2 nitrogen and oxygen atoms in total.